The van der Waals surface area contributed by atoms with Gasteiger partial charge in [-0.2, -0.15) is 0 Å². The van der Waals surface area contributed by atoms with Crippen molar-refractivity contribution in [3.05, 3.63) is 42.5 Å². The summed E-state index contributed by atoms with van der Waals surface area (Å²) >= 11 is 16.1. The second-order valence-electron chi connectivity index (χ2n) is 4.23. The van der Waals surface area contributed by atoms with Crippen molar-refractivity contribution in [2.24, 2.45) is 0 Å². The molecule has 0 radical (unpaired) electrons. The summed E-state index contributed by atoms with van der Waals surface area (Å²) < 4.78 is 28.4. The summed E-state index contributed by atoms with van der Waals surface area (Å²) in [4.78, 5) is -0.0129. The normalized spacial score (nSPS) is 11.7. The van der Waals surface area contributed by atoms with E-state index in [-0.39, 0.29) is 9.23 Å². The molecule has 0 amide bonds. The molecule has 2 rings (SSSR count). The van der Waals surface area contributed by atoms with Gasteiger partial charge in [0.1, 0.15) is 9.23 Å². The third-order valence-corrected chi connectivity index (χ3v) is 6.31. The van der Waals surface area contributed by atoms with Gasteiger partial charge in [-0.1, -0.05) is 29.3 Å². The number of sulfonamides is 1. The first-order valence-electron chi connectivity index (χ1n) is 5.45. The minimum absolute atomic E-state index is 0.0129. The SMILES string of the molecule is Cc1cc(C)c(NS(=O)(=O)c2cc(Cl)sc2Cl)c(Br)c1. The molecule has 0 spiro atoms. The van der Waals surface area contributed by atoms with Crippen LogP contribution in [-0.4, -0.2) is 8.42 Å². The monoisotopic (exact) mass is 413 g/mol. The van der Waals surface area contributed by atoms with Gasteiger partial charge in [-0.3, -0.25) is 4.72 Å². The Labute approximate surface area is 140 Å². The van der Waals surface area contributed by atoms with Gasteiger partial charge in [0.15, 0.2) is 0 Å². The topological polar surface area (TPSA) is 46.2 Å². The van der Waals surface area contributed by atoms with Gasteiger partial charge in [-0.25, -0.2) is 8.42 Å². The lowest BCUT2D eigenvalue weighted by Crippen LogP contribution is -2.14. The van der Waals surface area contributed by atoms with Gasteiger partial charge < -0.3 is 0 Å². The molecule has 0 aliphatic rings. The van der Waals surface area contributed by atoms with Gasteiger partial charge in [0, 0.05) is 4.47 Å². The molecule has 2 aromatic rings. The third kappa shape index (κ3) is 3.31. The molecule has 108 valence electrons. The molecule has 0 aliphatic carbocycles. The molecular formula is C12H10BrCl2NO2S2. The van der Waals surface area contributed by atoms with Crippen molar-refractivity contribution in [3.63, 3.8) is 0 Å². The molecular weight excluding hydrogens is 405 g/mol. The average Bonchev–Trinajstić information content (AvgIpc) is 2.64. The van der Waals surface area contributed by atoms with Crippen molar-refractivity contribution >= 4 is 66.2 Å². The molecule has 8 heteroatoms. The van der Waals surface area contributed by atoms with Crippen LogP contribution < -0.4 is 4.72 Å². The van der Waals surface area contributed by atoms with Gasteiger partial charge >= 0.3 is 0 Å². The fourth-order valence-corrected chi connectivity index (χ4v) is 5.95. The van der Waals surface area contributed by atoms with E-state index in [2.05, 4.69) is 20.7 Å². The molecule has 0 bridgehead atoms. The number of anilines is 1. The van der Waals surface area contributed by atoms with Crippen LogP contribution in [0.3, 0.4) is 0 Å². The highest BCUT2D eigenvalue weighted by atomic mass is 79.9. The summed E-state index contributed by atoms with van der Waals surface area (Å²) in [5.41, 5.74) is 2.35. The lowest BCUT2D eigenvalue weighted by atomic mass is 10.1. The maximum Gasteiger partial charge on any atom is 0.264 e. The quantitative estimate of drug-likeness (QED) is 0.746. The Balaban J connectivity index is 2.46. The van der Waals surface area contributed by atoms with Crippen LogP contribution in [0, 0.1) is 13.8 Å². The Morgan fingerprint density at radius 2 is 1.85 bits per heavy atom. The van der Waals surface area contributed by atoms with E-state index in [9.17, 15) is 8.42 Å². The molecule has 0 unspecified atom stereocenters. The maximum atomic E-state index is 12.4. The van der Waals surface area contributed by atoms with Gasteiger partial charge in [0.25, 0.3) is 10.0 Å². The highest BCUT2D eigenvalue weighted by Gasteiger charge is 2.22. The zero-order chi connectivity index (χ0) is 15.1. The van der Waals surface area contributed by atoms with E-state index in [1.54, 1.807) is 0 Å². The molecule has 1 N–H and O–H groups in total. The number of rotatable bonds is 3. The molecule has 0 saturated heterocycles. The van der Waals surface area contributed by atoms with Crippen LogP contribution >= 0.6 is 50.5 Å². The van der Waals surface area contributed by atoms with Crippen LogP contribution in [0.1, 0.15) is 11.1 Å². The molecule has 1 heterocycles. The van der Waals surface area contributed by atoms with Crippen LogP contribution in [0.5, 0.6) is 0 Å². The van der Waals surface area contributed by atoms with E-state index in [4.69, 9.17) is 23.2 Å². The molecule has 0 fully saturated rings. The molecule has 1 aromatic heterocycles. The second kappa shape index (κ2) is 5.85. The summed E-state index contributed by atoms with van der Waals surface area (Å²) in [6.07, 6.45) is 0. The van der Waals surface area contributed by atoms with Crippen LogP contribution in [0.15, 0.2) is 27.6 Å². The Morgan fingerprint density at radius 3 is 2.35 bits per heavy atom. The highest BCUT2D eigenvalue weighted by Crippen LogP contribution is 2.36. The van der Waals surface area contributed by atoms with E-state index < -0.39 is 10.0 Å². The second-order valence-corrected chi connectivity index (χ2v) is 9.02. The molecule has 3 nitrogen and oxygen atoms in total. The number of nitrogens with one attached hydrogen (secondary N) is 1. The van der Waals surface area contributed by atoms with E-state index in [0.717, 1.165) is 22.5 Å². The fourth-order valence-electron chi connectivity index (χ4n) is 1.74. The van der Waals surface area contributed by atoms with Crippen molar-refractivity contribution in [1.29, 1.82) is 0 Å². The predicted octanol–water partition coefficient (Wildman–Crippen LogP) is 5.24. The first-order chi connectivity index (χ1) is 9.20. The third-order valence-electron chi connectivity index (χ3n) is 2.58. The van der Waals surface area contributed by atoms with E-state index in [1.165, 1.54) is 6.07 Å². The molecule has 0 atom stereocenters. The summed E-state index contributed by atoms with van der Waals surface area (Å²) in [7, 11) is -3.77. The number of benzene rings is 1. The first kappa shape index (κ1) is 16.1. The van der Waals surface area contributed by atoms with Gasteiger partial charge in [-0.05, 0) is 53.0 Å². The van der Waals surface area contributed by atoms with E-state index in [0.29, 0.717) is 14.5 Å². The van der Waals surface area contributed by atoms with Crippen molar-refractivity contribution < 1.29 is 8.42 Å². The minimum atomic E-state index is -3.77. The van der Waals surface area contributed by atoms with Crippen molar-refractivity contribution in [3.8, 4) is 0 Å². The Bertz CT molecular complexity index is 749. The predicted molar refractivity (Wildman–Crippen MR) is 88.8 cm³/mol. The molecule has 0 aliphatic heterocycles. The number of halogens is 3. The fraction of sp³-hybridized carbons (Fsp3) is 0.167. The summed E-state index contributed by atoms with van der Waals surface area (Å²) in [5, 5.41) is 0. The standard InChI is InChI=1S/C12H10BrCl2NO2S2/c1-6-3-7(2)11(8(13)4-6)16-20(17,18)9-5-10(14)19-12(9)15/h3-5,16H,1-2H3. The minimum Gasteiger partial charge on any atom is -0.278 e. The van der Waals surface area contributed by atoms with Gasteiger partial charge in [0.2, 0.25) is 0 Å². The van der Waals surface area contributed by atoms with E-state index in [1.807, 2.05) is 26.0 Å². The Kier molecular flexibility index (Phi) is 4.71. The molecule has 1 aromatic carbocycles. The number of aryl methyl sites for hydroxylation is 2. The maximum absolute atomic E-state index is 12.4. The summed E-state index contributed by atoms with van der Waals surface area (Å²) in [6, 6.07) is 5.08. The summed E-state index contributed by atoms with van der Waals surface area (Å²) in [5.74, 6) is 0. The van der Waals surface area contributed by atoms with Crippen LogP contribution in [-0.2, 0) is 10.0 Å². The van der Waals surface area contributed by atoms with Crippen LogP contribution in [0.2, 0.25) is 8.67 Å². The van der Waals surface area contributed by atoms with E-state index >= 15 is 0 Å². The highest BCUT2D eigenvalue weighted by molar-refractivity contribution is 9.10. The average molecular weight is 415 g/mol. The zero-order valence-corrected chi connectivity index (χ0v) is 15.2. The lowest BCUT2D eigenvalue weighted by molar-refractivity contribution is 0.601. The van der Waals surface area contributed by atoms with Crippen molar-refractivity contribution in [2.45, 2.75) is 18.7 Å². The number of hydrogen-bond donors (Lipinski definition) is 1. The molecule has 0 saturated carbocycles. The number of thiophene rings is 1. The first-order valence-corrected chi connectivity index (χ1v) is 9.30. The smallest absolute Gasteiger partial charge is 0.264 e. The van der Waals surface area contributed by atoms with Crippen LogP contribution in [0.4, 0.5) is 5.69 Å². The zero-order valence-electron chi connectivity index (χ0n) is 10.5. The Hall–Kier alpha value is -0.270. The Morgan fingerprint density at radius 1 is 1.20 bits per heavy atom. The summed E-state index contributed by atoms with van der Waals surface area (Å²) in [6.45, 7) is 3.77. The van der Waals surface area contributed by atoms with Gasteiger partial charge in [0.05, 0.1) is 10.0 Å². The lowest BCUT2D eigenvalue weighted by Gasteiger charge is -2.13. The van der Waals surface area contributed by atoms with Crippen molar-refractivity contribution in [1.82, 2.24) is 0 Å². The molecule has 20 heavy (non-hydrogen) atoms. The largest absolute Gasteiger partial charge is 0.278 e. The van der Waals surface area contributed by atoms with Gasteiger partial charge in [-0.15, -0.1) is 11.3 Å². The number of hydrogen-bond acceptors (Lipinski definition) is 3. The van der Waals surface area contributed by atoms with Crippen molar-refractivity contribution in [2.75, 3.05) is 4.72 Å². The van der Waals surface area contributed by atoms with Crippen LogP contribution in [0.25, 0.3) is 0 Å².